The Balaban J connectivity index is 1.51. The van der Waals surface area contributed by atoms with Crippen LogP contribution >= 0.6 is 52.0 Å². The van der Waals surface area contributed by atoms with Gasteiger partial charge in [0, 0.05) is 32.2 Å². The van der Waals surface area contributed by atoms with E-state index >= 15 is 0 Å². The molecule has 0 heterocycles. The molecule has 3 aromatic carbocycles. The first-order valence-electron chi connectivity index (χ1n) is 8.25. The second-order valence-corrected chi connectivity index (χ2v) is 7.92. The summed E-state index contributed by atoms with van der Waals surface area (Å²) in [5, 5.41) is 14.2. The summed E-state index contributed by atoms with van der Waals surface area (Å²) in [5.41, 5.74) is 3.52. The summed E-state index contributed by atoms with van der Waals surface area (Å²) in [7, 11) is 0. The van der Waals surface area contributed by atoms with Crippen LogP contribution in [0.25, 0.3) is 0 Å². The number of thiocarbonyl (C=S) groups is 2. The lowest BCUT2D eigenvalue weighted by molar-refractivity contribution is 1.56. The maximum atomic E-state index is 5.88. The Morgan fingerprint density at radius 3 is 1.21 bits per heavy atom. The molecule has 0 saturated carbocycles. The van der Waals surface area contributed by atoms with Gasteiger partial charge in [-0.15, -0.1) is 0 Å². The minimum atomic E-state index is 0.496. The number of anilines is 4. The van der Waals surface area contributed by atoms with Gasteiger partial charge in [-0.05, 0) is 97.2 Å². The van der Waals surface area contributed by atoms with Crippen molar-refractivity contribution in [3.63, 3.8) is 0 Å². The number of halogens is 2. The van der Waals surface area contributed by atoms with Crippen LogP contribution in [0.2, 0.25) is 5.02 Å². The van der Waals surface area contributed by atoms with Gasteiger partial charge in [0.15, 0.2) is 10.2 Å². The molecular weight excluding hydrogens is 476 g/mol. The van der Waals surface area contributed by atoms with Crippen LogP contribution in [0.15, 0.2) is 77.3 Å². The molecule has 0 atom stereocenters. The van der Waals surface area contributed by atoms with E-state index in [1.54, 1.807) is 12.1 Å². The van der Waals surface area contributed by atoms with Crippen molar-refractivity contribution >= 4 is 84.9 Å². The van der Waals surface area contributed by atoms with Crippen molar-refractivity contribution in [2.24, 2.45) is 0 Å². The Hall–Kier alpha value is -2.19. The van der Waals surface area contributed by atoms with E-state index < -0.39 is 0 Å². The van der Waals surface area contributed by atoms with Crippen LogP contribution in [0.4, 0.5) is 22.7 Å². The van der Waals surface area contributed by atoms with Crippen molar-refractivity contribution in [3.05, 3.63) is 82.3 Å². The molecule has 3 rings (SSSR count). The topological polar surface area (TPSA) is 48.1 Å². The third-order valence-corrected chi connectivity index (χ3v) is 4.79. The molecule has 0 amide bonds. The van der Waals surface area contributed by atoms with Crippen LogP contribution < -0.4 is 21.3 Å². The van der Waals surface area contributed by atoms with Gasteiger partial charge < -0.3 is 21.3 Å². The van der Waals surface area contributed by atoms with Gasteiger partial charge >= 0.3 is 0 Å². The zero-order valence-electron chi connectivity index (χ0n) is 14.5. The largest absolute Gasteiger partial charge is 0.332 e. The van der Waals surface area contributed by atoms with E-state index in [9.17, 15) is 0 Å². The highest BCUT2D eigenvalue weighted by molar-refractivity contribution is 9.10. The second kappa shape index (κ2) is 9.84. The van der Waals surface area contributed by atoms with Crippen LogP contribution in [0.5, 0.6) is 0 Å². The Morgan fingerprint density at radius 2 is 0.857 bits per heavy atom. The van der Waals surface area contributed by atoms with E-state index in [-0.39, 0.29) is 0 Å². The van der Waals surface area contributed by atoms with E-state index in [4.69, 9.17) is 36.0 Å². The molecule has 0 aromatic heterocycles. The highest BCUT2D eigenvalue weighted by atomic mass is 79.9. The maximum absolute atomic E-state index is 5.88. The van der Waals surface area contributed by atoms with Gasteiger partial charge in [-0.1, -0.05) is 27.5 Å². The Bertz CT molecular complexity index is 881. The normalized spacial score (nSPS) is 10.1. The first kappa shape index (κ1) is 20.5. The first-order valence-corrected chi connectivity index (χ1v) is 10.2. The molecule has 4 nitrogen and oxygen atoms in total. The Kier molecular flexibility index (Phi) is 7.22. The van der Waals surface area contributed by atoms with Gasteiger partial charge in [-0.2, -0.15) is 0 Å². The number of rotatable bonds is 4. The Morgan fingerprint density at radius 1 is 0.571 bits per heavy atom. The summed E-state index contributed by atoms with van der Waals surface area (Å²) in [4.78, 5) is 0. The van der Waals surface area contributed by atoms with E-state index in [1.165, 1.54) is 0 Å². The third-order valence-electron chi connectivity index (χ3n) is 3.60. The fourth-order valence-corrected chi connectivity index (χ4v) is 3.15. The number of hydrogen-bond donors (Lipinski definition) is 4. The van der Waals surface area contributed by atoms with Crippen molar-refractivity contribution in [1.29, 1.82) is 0 Å². The van der Waals surface area contributed by atoms with Crippen molar-refractivity contribution in [2.45, 2.75) is 0 Å². The molecular formula is C20H16BrClN4S2. The fourth-order valence-electron chi connectivity index (χ4n) is 2.29. The molecule has 28 heavy (non-hydrogen) atoms. The zero-order chi connectivity index (χ0) is 19.9. The SMILES string of the molecule is S=C(Nc1ccc(Cl)cc1)Nc1ccc(NC(=S)Nc2ccc(Br)cc2)cc1. The molecule has 0 saturated heterocycles. The van der Waals surface area contributed by atoms with Crippen LogP contribution in [-0.4, -0.2) is 10.2 Å². The average molecular weight is 492 g/mol. The summed E-state index contributed by atoms with van der Waals surface area (Å²) in [5.74, 6) is 0. The van der Waals surface area contributed by atoms with E-state index in [2.05, 4.69) is 37.2 Å². The molecule has 0 aliphatic heterocycles. The van der Waals surface area contributed by atoms with Crippen LogP contribution in [0.1, 0.15) is 0 Å². The van der Waals surface area contributed by atoms with E-state index in [1.807, 2.05) is 60.7 Å². The molecule has 8 heteroatoms. The van der Waals surface area contributed by atoms with Crippen molar-refractivity contribution in [1.82, 2.24) is 0 Å². The van der Waals surface area contributed by atoms with Crippen molar-refractivity contribution in [3.8, 4) is 0 Å². The highest BCUT2D eigenvalue weighted by Crippen LogP contribution is 2.17. The summed E-state index contributed by atoms with van der Waals surface area (Å²) in [6, 6.07) is 22.8. The second-order valence-electron chi connectivity index (χ2n) is 5.75. The first-order chi connectivity index (χ1) is 13.5. The highest BCUT2D eigenvalue weighted by Gasteiger charge is 2.02. The number of nitrogens with one attached hydrogen (secondary N) is 4. The smallest absolute Gasteiger partial charge is 0.175 e. The quantitative estimate of drug-likeness (QED) is 0.304. The van der Waals surface area contributed by atoms with Crippen LogP contribution in [0, 0.1) is 0 Å². The fraction of sp³-hybridized carbons (Fsp3) is 0. The number of hydrogen-bond acceptors (Lipinski definition) is 2. The van der Waals surface area contributed by atoms with E-state index in [0.717, 1.165) is 27.2 Å². The van der Waals surface area contributed by atoms with Gasteiger partial charge in [0.25, 0.3) is 0 Å². The van der Waals surface area contributed by atoms with Gasteiger partial charge in [0.1, 0.15) is 0 Å². The maximum Gasteiger partial charge on any atom is 0.175 e. The molecule has 0 unspecified atom stereocenters. The molecule has 0 aliphatic carbocycles. The van der Waals surface area contributed by atoms with Gasteiger partial charge in [-0.25, -0.2) is 0 Å². The van der Waals surface area contributed by atoms with Gasteiger partial charge in [0.05, 0.1) is 0 Å². The van der Waals surface area contributed by atoms with Crippen LogP contribution in [0.3, 0.4) is 0 Å². The van der Waals surface area contributed by atoms with Gasteiger partial charge in [0.2, 0.25) is 0 Å². The minimum absolute atomic E-state index is 0.496. The molecule has 4 N–H and O–H groups in total. The summed E-state index contributed by atoms with van der Waals surface area (Å²) < 4.78 is 1.02. The van der Waals surface area contributed by atoms with Crippen LogP contribution in [-0.2, 0) is 0 Å². The average Bonchev–Trinajstić information content (AvgIpc) is 2.67. The van der Waals surface area contributed by atoms with E-state index in [0.29, 0.717) is 15.2 Å². The molecule has 0 fully saturated rings. The molecule has 3 aromatic rings. The monoisotopic (exact) mass is 490 g/mol. The lowest BCUT2D eigenvalue weighted by Gasteiger charge is -2.13. The number of benzene rings is 3. The zero-order valence-corrected chi connectivity index (χ0v) is 18.5. The minimum Gasteiger partial charge on any atom is -0.332 e. The predicted octanol–water partition coefficient (Wildman–Crippen LogP) is 6.72. The summed E-state index contributed by atoms with van der Waals surface area (Å²) in [6.45, 7) is 0. The molecule has 0 aliphatic rings. The van der Waals surface area contributed by atoms with Crippen molar-refractivity contribution < 1.29 is 0 Å². The standard InChI is InChI=1S/C20H16BrClN4S2/c21-13-1-5-15(6-2-13)23-19(27)25-17-9-11-18(12-10-17)26-20(28)24-16-7-3-14(22)4-8-16/h1-12H,(H2,23,25,27)(H2,24,26,28). The summed E-state index contributed by atoms with van der Waals surface area (Å²) >= 11 is 20.0. The summed E-state index contributed by atoms with van der Waals surface area (Å²) in [6.07, 6.45) is 0. The molecule has 0 radical (unpaired) electrons. The molecule has 0 bridgehead atoms. The van der Waals surface area contributed by atoms with Gasteiger partial charge in [-0.3, -0.25) is 0 Å². The van der Waals surface area contributed by atoms with Crippen molar-refractivity contribution in [2.75, 3.05) is 21.3 Å². The molecule has 142 valence electrons. The lowest BCUT2D eigenvalue weighted by atomic mass is 10.3. The third kappa shape index (κ3) is 6.45. The Labute approximate surface area is 187 Å². The lowest BCUT2D eigenvalue weighted by Crippen LogP contribution is -2.20. The predicted molar refractivity (Wildman–Crippen MR) is 132 cm³/mol. The molecule has 0 spiro atoms.